The third-order valence-corrected chi connectivity index (χ3v) is 32.6. The van der Waals surface area contributed by atoms with Gasteiger partial charge in [-0.1, -0.05) is 483 Å². The van der Waals surface area contributed by atoms with E-state index in [-0.39, 0.29) is 17.5 Å². The summed E-state index contributed by atoms with van der Waals surface area (Å²) in [6.07, 6.45) is 13.7. The van der Waals surface area contributed by atoms with Crippen LogP contribution in [0.4, 0.5) is 13.2 Å². The summed E-state index contributed by atoms with van der Waals surface area (Å²) in [5.74, 6) is 0.950. The largest absolute Gasteiger partial charge is 0.659 e. The highest BCUT2D eigenvalue weighted by atomic mass is 19.1. The van der Waals surface area contributed by atoms with E-state index in [1.165, 1.54) is 236 Å². The van der Waals surface area contributed by atoms with E-state index in [1.807, 2.05) is 43.5 Å². The lowest BCUT2D eigenvalue weighted by molar-refractivity contribution is 0.0785. The maximum atomic E-state index is 14.0. The van der Waals surface area contributed by atoms with Gasteiger partial charge >= 0.3 is 25.4 Å². The van der Waals surface area contributed by atoms with Crippen molar-refractivity contribution in [1.29, 1.82) is 0 Å². The lowest BCUT2D eigenvalue weighted by atomic mass is 9.26. The second-order valence-corrected chi connectivity index (χ2v) is 40.9. The first-order valence-corrected chi connectivity index (χ1v) is 51.1. The zero-order chi connectivity index (χ0) is 95.6. The summed E-state index contributed by atoms with van der Waals surface area (Å²) in [5, 5.41) is 0. The van der Waals surface area contributed by atoms with Crippen molar-refractivity contribution in [3.05, 3.63) is 479 Å². The summed E-state index contributed by atoms with van der Waals surface area (Å²) in [5.41, 5.74) is 38.1. The van der Waals surface area contributed by atoms with Crippen LogP contribution < -0.4 is 43.7 Å². The van der Waals surface area contributed by atoms with Gasteiger partial charge in [0.05, 0.1) is 28.4 Å². The molecular weight excluding hydrogens is 1700 g/mol. The van der Waals surface area contributed by atoms with Gasteiger partial charge in [-0.25, -0.2) is 13.2 Å². The molecule has 0 unspecified atom stereocenters. The van der Waals surface area contributed by atoms with Crippen LogP contribution in [0.5, 0.6) is 0 Å². The molecule has 0 aromatic heterocycles. The molecule has 4 nitrogen and oxygen atoms in total. The van der Waals surface area contributed by atoms with Crippen LogP contribution in [0.2, 0.25) is 0 Å². The quantitative estimate of drug-likeness (QED) is 0.0599. The Kier molecular flexibility index (Phi) is 29.0. The maximum Gasteiger partial charge on any atom is 0.377 e. The smallest absolute Gasteiger partial charge is 0.377 e. The molecule has 0 amide bonds. The molecule has 700 valence electrons. The molecule has 22 rings (SSSR count). The molecule has 0 saturated heterocycles. The van der Waals surface area contributed by atoms with Gasteiger partial charge in [0.15, 0.2) is 0 Å². The summed E-state index contributed by atoms with van der Waals surface area (Å²) < 4.78 is 56.3. The summed E-state index contributed by atoms with van der Waals surface area (Å²) in [4.78, 5) is 0. The Bertz CT molecular complexity index is 6380. The predicted molar refractivity (Wildman–Crippen MR) is 588 cm³/mol. The molecule has 0 bridgehead atoms. The maximum absolute atomic E-state index is 14.0. The van der Waals surface area contributed by atoms with Gasteiger partial charge in [-0.15, -0.1) is 43.7 Å². The molecule has 7 aliphatic rings. The molecule has 0 N–H and O–H groups in total. The molecule has 0 spiro atoms. The van der Waals surface area contributed by atoms with Gasteiger partial charge in [-0.2, -0.15) is 0 Å². The molecule has 0 atom stereocenters. The van der Waals surface area contributed by atoms with Gasteiger partial charge in [0.1, 0.15) is 43.9 Å². The first-order valence-electron chi connectivity index (χ1n) is 51.1. The van der Waals surface area contributed by atoms with Gasteiger partial charge in [0.2, 0.25) is 0 Å². The van der Waals surface area contributed by atoms with Crippen LogP contribution in [0.25, 0.3) is 55.3 Å². The third-order valence-electron chi connectivity index (χ3n) is 32.6. The van der Waals surface area contributed by atoms with Crippen molar-refractivity contribution in [3.8, 4) is 33.4 Å². The number of halogens is 3. The standard InChI is InChI=1S/C41H35BO.C31H37BO.C28H28BF3O.C28H31BO/c1-31-30-43(2)42(39-26-22-36(23-27-39)33-14-8-4-9-15-33,40-28-24-37(25-29-40)34-16-10-5-11-17-34)41(31)38-20-18-35(19-21-38)32-12-6-3-7-13-32;1-23-10-16-27(17-11-23)31-30(26-8-6-5-7-9-26)22-33(4)32(31,28-18-12-24(2)13-19-28)29-20-14-25(3)15-21-29;1-33-19-27(20-5-3-2-4-6-20)28(21-7-13-24(30)14-8-21)29(33,22-9-15-25(31)16-10-22)23-11-17-26(32)18-12-23;1-30-22-27(23-14-6-2-7-15-23)28(24-16-8-3-9-17-24)29(30,25-18-10-4-11-19-25)26-20-12-5-13-21-26/h3-29H,30H2,1-2H3;10-21,26H,5-9,22H2,1-4H3;7-18,20H,2-6,19H2,1H3;3-5,8-13,16-21,23H,2,6-7,14-15,22H2,1H3. The fraction of sp³-hybridized carbons (Fsp3) is 0.234. The summed E-state index contributed by atoms with van der Waals surface area (Å²) >= 11 is 0. The lowest BCUT2D eigenvalue weighted by Gasteiger charge is -2.43. The number of aryl methyl sites for hydroxylation is 3. The Hall–Kier alpha value is -12.9. The first-order chi connectivity index (χ1) is 67.9. The minimum Gasteiger partial charge on any atom is -0.659 e. The van der Waals surface area contributed by atoms with E-state index >= 15 is 0 Å². The van der Waals surface area contributed by atoms with Crippen molar-refractivity contribution < 1.29 is 30.3 Å². The van der Waals surface area contributed by atoms with E-state index in [2.05, 4.69) is 394 Å². The van der Waals surface area contributed by atoms with Gasteiger partial charge in [0.25, 0.3) is 0 Å². The van der Waals surface area contributed by atoms with Crippen molar-refractivity contribution in [2.75, 3.05) is 54.9 Å². The van der Waals surface area contributed by atoms with Gasteiger partial charge in [-0.3, -0.25) is 0 Å². The summed E-state index contributed by atoms with van der Waals surface area (Å²) in [6, 6.07) is 141. The molecule has 3 saturated carbocycles. The topological polar surface area (TPSA) is 10.8 Å². The highest BCUT2D eigenvalue weighted by Gasteiger charge is 2.57. The Labute approximate surface area is 824 Å². The number of benzene rings is 15. The van der Waals surface area contributed by atoms with E-state index in [0.717, 1.165) is 54.6 Å². The average Bonchev–Trinajstić information content (AvgIpc) is 1.56. The van der Waals surface area contributed by atoms with Crippen molar-refractivity contribution in [2.24, 2.45) is 17.8 Å². The van der Waals surface area contributed by atoms with Crippen LogP contribution in [0.3, 0.4) is 0 Å². The average molecular weight is 1830 g/mol. The lowest BCUT2D eigenvalue weighted by Crippen LogP contribution is -2.64. The van der Waals surface area contributed by atoms with Crippen LogP contribution in [0.1, 0.15) is 142 Å². The Balaban J connectivity index is 0.000000119. The molecule has 4 aliphatic heterocycles. The minimum atomic E-state index is -1.75. The van der Waals surface area contributed by atoms with Crippen molar-refractivity contribution in [1.82, 2.24) is 0 Å². The van der Waals surface area contributed by atoms with E-state index < -0.39 is 25.4 Å². The number of hydrogen-bond acceptors (Lipinski definition) is 0. The van der Waals surface area contributed by atoms with Gasteiger partial charge in [-0.05, 0) is 176 Å². The van der Waals surface area contributed by atoms with Gasteiger partial charge in [0, 0.05) is 0 Å². The fourth-order valence-electron chi connectivity index (χ4n) is 26.1. The highest BCUT2D eigenvalue weighted by molar-refractivity contribution is 7.14. The zero-order valence-electron chi connectivity index (χ0n) is 82.3. The van der Waals surface area contributed by atoms with Crippen LogP contribution >= 0.6 is 0 Å². The second kappa shape index (κ2) is 42.5. The van der Waals surface area contributed by atoms with E-state index in [4.69, 9.17) is 0 Å². The van der Waals surface area contributed by atoms with E-state index in [1.54, 1.807) is 22.1 Å². The summed E-state index contributed by atoms with van der Waals surface area (Å²) in [6.45, 7) is 12.4. The molecule has 4 heterocycles. The minimum absolute atomic E-state index is 0.278. The van der Waals surface area contributed by atoms with Crippen LogP contribution in [0, 0.1) is 56.0 Å². The van der Waals surface area contributed by atoms with Crippen molar-refractivity contribution >= 4 is 91.0 Å². The molecule has 3 aliphatic carbocycles. The van der Waals surface area contributed by atoms with E-state index in [9.17, 15) is 13.2 Å². The molecular formula is C128H131B4F3O4. The first kappa shape index (κ1) is 95.1. The fourth-order valence-corrected chi connectivity index (χ4v) is 26.1. The molecule has 15 aromatic carbocycles. The van der Waals surface area contributed by atoms with Crippen molar-refractivity contribution in [3.63, 3.8) is 0 Å². The number of hydrogen-bond donors (Lipinski definition) is 0. The summed E-state index contributed by atoms with van der Waals surface area (Å²) in [7, 11) is 8.78. The molecule has 11 heteroatoms. The normalized spacial score (nSPS) is 18.0. The van der Waals surface area contributed by atoms with E-state index in [0.29, 0.717) is 24.4 Å². The third kappa shape index (κ3) is 18.9. The molecule has 0 radical (unpaired) electrons. The van der Waals surface area contributed by atoms with Crippen LogP contribution in [-0.4, -0.2) is 80.3 Å². The molecule has 3 fully saturated rings. The zero-order valence-corrected chi connectivity index (χ0v) is 82.3. The Morgan fingerprint density at radius 2 is 0.367 bits per heavy atom. The highest BCUT2D eigenvalue weighted by Crippen LogP contribution is 2.51. The monoisotopic (exact) mass is 1830 g/mol. The van der Waals surface area contributed by atoms with Crippen LogP contribution in [0.15, 0.2) is 423 Å². The van der Waals surface area contributed by atoms with Gasteiger partial charge < -0.3 is 17.1 Å². The Morgan fingerprint density at radius 3 is 0.662 bits per heavy atom. The predicted octanol–water partition coefficient (Wildman–Crippen LogP) is 26.8. The van der Waals surface area contributed by atoms with Crippen molar-refractivity contribution in [2.45, 2.75) is 124 Å². The molecule has 139 heavy (non-hydrogen) atoms. The Morgan fingerprint density at radius 1 is 0.187 bits per heavy atom. The molecule has 15 aromatic rings. The second-order valence-electron chi connectivity index (χ2n) is 40.9. The number of rotatable bonds is 18. The SMILES string of the molecule is CC1=C(c2ccc(-c3ccccc3)cc2)[B-](c2ccc(-c3ccccc3)cc2)(c2ccc(-c3ccccc3)cc2)[O+](C)C1.C[O+]1CC(C2CCCCC2)=C(c2ccc(F)cc2)[B-]1(c1ccc(F)cc1)c1ccc(F)cc1.C[O+]1CC(C2CCCCC2)=C(c2ccccc2)[B-]1(c1ccccc1)c1ccccc1.Cc1ccc(C2=C(C3CCCCC3)C[O+](C)[B-]2(c2ccc(C)cc2)c2ccc(C)cc2)cc1. The van der Waals surface area contributed by atoms with Crippen LogP contribution in [-0.2, 0) is 17.1 Å².